The minimum absolute atomic E-state index is 0.272. The summed E-state index contributed by atoms with van der Waals surface area (Å²) in [7, 11) is 2.01. The Balaban J connectivity index is 2.44. The lowest BCUT2D eigenvalue weighted by Crippen LogP contribution is -2.11. The first-order valence-electron chi connectivity index (χ1n) is 5.48. The van der Waals surface area contributed by atoms with E-state index in [1.54, 1.807) is 0 Å². The van der Waals surface area contributed by atoms with E-state index in [4.69, 9.17) is 11.6 Å². The second-order valence-corrected chi connectivity index (χ2v) is 4.76. The van der Waals surface area contributed by atoms with Gasteiger partial charge in [0.15, 0.2) is 5.78 Å². The zero-order valence-corrected chi connectivity index (χ0v) is 9.84. The lowest BCUT2D eigenvalue weighted by atomic mass is 9.94. The van der Waals surface area contributed by atoms with E-state index < -0.39 is 0 Å². The molecule has 0 saturated carbocycles. The Morgan fingerprint density at radius 2 is 2.12 bits per heavy atom. The van der Waals surface area contributed by atoms with Gasteiger partial charge in [-0.3, -0.25) is 4.79 Å². The zero-order valence-electron chi connectivity index (χ0n) is 9.09. The van der Waals surface area contributed by atoms with Crippen molar-refractivity contribution < 1.29 is 4.79 Å². The van der Waals surface area contributed by atoms with Crippen LogP contribution in [-0.2, 0) is 13.5 Å². The summed E-state index contributed by atoms with van der Waals surface area (Å²) in [4.78, 5) is 12.0. The van der Waals surface area contributed by atoms with Gasteiger partial charge in [0.2, 0.25) is 0 Å². The third kappa shape index (κ3) is 1.23. The summed E-state index contributed by atoms with van der Waals surface area (Å²) in [5.74, 6) is 0.272. The third-order valence-electron chi connectivity index (χ3n) is 3.38. The molecule has 0 atom stereocenters. The van der Waals surface area contributed by atoms with Crippen LogP contribution in [0.5, 0.6) is 0 Å². The summed E-state index contributed by atoms with van der Waals surface area (Å²) in [6, 6.07) is 5.74. The summed E-state index contributed by atoms with van der Waals surface area (Å²) in [6.07, 6.45) is 2.63. The third-order valence-corrected chi connectivity index (χ3v) is 3.62. The lowest BCUT2D eigenvalue weighted by molar-refractivity contribution is 0.0973. The monoisotopic (exact) mass is 233 g/mol. The fourth-order valence-electron chi connectivity index (χ4n) is 2.61. The predicted octanol–water partition coefficient (Wildman–Crippen LogP) is 3.35. The molecular formula is C13H12ClNO. The molecule has 0 spiro atoms. The van der Waals surface area contributed by atoms with E-state index in [1.807, 2.05) is 25.2 Å². The molecule has 0 fully saturated rings. The van der Waals surface area contributed by atoms with Crippen LogP contribution in [0.2, 0.25) is 5.02 Å². The zero-order chi connectivity index (χ0) is 11.3. The Bertz CT molecular complexity index is 597. The number of fused-ring (bicyclic) bond motifs is 3. The molecule has 1 aromatic heterocycles. The van der Waals surface area contributed by atoms with Crippen molar-refractivity contribution in [1.29, 1.82) is 0 Å². The maximum Gasteiger partial charge on any atom is 0.165 e. The molecule has 0 N–H and O–H groups in total. The second-order valence-electron chi connectivity index (χ2n) is 4.32. The normalized spacial score (nSPS) is 15.5. The molecule has 1 aromatic carbocycles. The number of hydrogen-bond donors (Lipinski definition) is 0. The largest absolute Gasteiger partial charge is 0.347 e. The fraction of sp³-hybridized carbons (Fsp3) is 0.308. The highest BCUT2D eigenvalue weighted by Gasteiger charge is 2.24. The van der Waals surface area contributed by atoms with Crippen molar-refractivity contribution in [3.8, 4) is 0 Å². The smallest absolute Gasteiger partial charge is 0.165 e. The number of Topliss-reactive ketones (excluding diaryl/α,β-unsaturated/α-hetero) is 1. The minimum Gasteiger partial charge on any atom is -0.347 e. The lowest BCUT2D eigenvalue weighted by Gasteiger charge is -2.11. The molecule has 82 valence electrons. The Labute approximate surface area is 98.8 Å². The van der Waals surface area contributed by atoms with E-state index in [0.29, 0.717) is 6.42 Å². The van der Waals surface area contributed by atoms with Gasteiger partial charge in [-0.15, -0.1) is 0 Å². The Morgan fingerprint density at radius 3 is 2.94 bits per heavy atom. The first-order chi connectivity index (χ1) is 7.68. The molecule has 1 aliphatic rings. The predicted molar refractivity (Wildman–Crippen MR) is 65.2 cm³/mol. The van der Waals surface area contributed by atoms with Crippen molar-refractivity contribution in [1.82, 2.24) is 4.57 Å². The summed E-state index contributed by atoms with van der Waals surface area (Å²) in [5.41, 5.74) is 3.14. The number of aryl methyl sites for hydroxylation is 1. The van der Waals surface area contributed by atoms with Gasteiger partial charge in [0.1, 0.15) is 0 Å². The molecule has 3 heteroatoms. The van der Waals surface area contributed by atoms with E-state index in [1.165, 1.54) is 0 Å². The Kier molecular flexibility index (Phi) is 2.08. The number of rotatable bonds is 0. The van der Waals surface area contributed by atoms with E-state index in [0.717, 1.165) is 40.0 Å². The molecule has 0 saturated heterocycles. The molecule has 0 amide bonds. The van der Waals surface area contributed by atoms with Crippen LogP contribution in [0, 0.1) is 0 Å². The van der Waals surface area contributed by atoms with Crippen molar-refractivity contribution in [2.24, 2.45) is 7.05 Å². The summed E-state index contributed by atoms with van der Waals surface area (Å²) in [6.45, 7) is 0. The van der Waals surface area contributed by atoms with E-state index in [2.05, 4.69) is 4.57 Å². The standard InChI is InChI=1S/C13H12ClNO/c1-15-10-3-2-4-12(16)13(10)9-6-5-8(14)7-11(9)15/h5-7H,2-4H2,1H3. The number of aromatic nitrogens is 1. The van der Waals surface area contributed by atoms with Gasteiger partial charge < -0.3 is 4.57 Å². The molecule has 0 unspecified atom stereocenters. The number of carbonyl (C=O) groups is 1. The molecular weight excluding hydrogens is 222 g/mol. The summed E-state index contributed by atoms with van der Waals surface area (Å²) < 4.78 is 2.10. The first-order valence-corrected chi connectivity index (χ1v) is 5.86. The maximum absolute atomic E-state index is 12.0. The van der Waals surface area contributed by atoms with Gasteiger partial charge in [-0.05, 0) is 25.0 Å². The van der Waals surface area contributed by atoms with E-state index in [-0.39, 0.29) is 5.78 Å². The summed E-state index contributed by atoms with van der Waals surface area (Å²) >= 11 is 5.99. The highest BCUT2D eigenvalue weighted by molar-refractivity contribution is 6.31. The molecule has 0 aliphatic heterocycles. The first kappa shape index (κ1) is 9.91. The van der Waals surface area contributed by atoms with Gasteiger partial charge in [0.05, 0.1) is 5.52 Å². The van der Waals surface area contributed by atoms with Crippen LogP contribution in [0.15, 0.2) is 18.2 Å². The van der Waals surface area contributed by atoms with Crippen LogP contribution in [0.1, 0.15) is 28.9 Å². The van der Waals surface area contributed by atoms with Gasteiger partial charge in [0.25, 0.3) is 0 Å². The maximum atomic E-state index is 12.0. The van der Waals surface area contributed by atoms with Crippen molar-refractivity contribution in [3.05, 3.63) is 34.5 Å². The molecule has 1 aliphatic carbocycles. The average Bonchev–Trinajstić information content (AvgIpc) is 2.55. The number of carbonyl (C=O) groups excluding carboxylic acids is 1. The van der Waals surface area contributed by atoms with Crippen LogP contribution in [0.3, 0.4) is 0 Å². The van der Waals surface area contributed by atoms with Crippen LogP contribution in [-0.4, -0.2) is 10.4 Å². The van der Waals surface area contributed by atoms with Crippen LogP contribution in [0.4, 0.5) is 0 Å². The quantitative estimate of drug-likeness (QED) is 0.684. The van der Waals surface area contributed by atoms with Gasteiger partial charge in [-0.2, -0.15) is 0 Å². The van der Waals surface area contributed by atoms with Crippen LogP contribution in [0.25, 0.3) is 10.9 Å². The van der Waals surface area contributed by atoms with Crippen molar-refractivity contribution >= 4 is 28.3 Å². The van der Waals surface area contributed by atoms with Gasteiger partial charge in [0, 0.05) is 35.1 Å². The van der Waals surface area contributed by atoms with Gasteiger partial charge >= 0.3 is 0 Å². The van der Waals surface area contributed by atoms with Crippen molar-refractivity contribution in [3.63, 3.8) is 0 Å². The van der Waals surface area contributed by atoms with Crippen LogP contribution < -0.4 is 0 Å². The molecule has 2 nitrogen and oxygen atoms in total. The minimum atomic E-state index is 0.272. The molecule has 1 heterocycles. The van der Waals surface area contributed by atoms with Gasteiger partial charge in [-0.1, -0.05) is 17.7 Å². The van der Waals surface area contributed by atoms with E-state index in [9.17, 15) is 4.79 Å². The van der Waals surface area contributed by atoms with E-state index >= 15 is 0 Å². The summed E-state index contributed by atoms with van der Waals surface area (Å²) in [5, 5.41) is 1.77. The molecule has 0 bridgehead atoms. The SMILES string of the molecule is Cn1c2c(c3ccc(Cl)cc31)C(=O)CCC2. The Hall–Kier alpha value is -1.28. The van der Waals surface area contributed by atoms with Crippen LogP contribution >= 0.6 is 11.6 Å². The van der Waals surface area contributed by atoms with Gasteiger partial charge in [-0.25, -0.2) is 0 Å². The highest BCUT2D eigenvalue weighted by Crippen LogP contribution is 2.32. The number of halogens is 1. The molecule has 3 rings (SSSR count). The number of nitrogens with zero attached hydrogens (tertiary/aromatic N) is 1. The van der Waals surface area contributed by atoms with Crippen molar-refractivity contribution in [2.75, 3.05) is 0 Å². The molecule has 0 radical (unpaired) electrons. The van der Waals surface area contributed by atoms with Crippen molar-refractivity contribution in [2.45, 2.75) is 19.3 Å². The second kappa shape index (κ2) is 3.36. The number of benzene rings is 1. The fourth-order valence-corrected chi connectivity index (χ4v) is 2.77. The molecule has 16 heavy (non-hydrogen) atoms. The Morgan fingerprint density at radius 1 is 1.31 bits per heavy atom. The molecule has 2 aromatic rings. The number of hydrogen-bond acceptors (Lipinski definition) is 1. The average molecular weight is 234 g/mol. The topological polar surface area (TPSA) is 22.0 Å². The highest BCUT2D eigenvalue weighted by atomic mass is 35.5. The number of ketones is 1.